The van der Waals surface area contributed by atoms with Crippen LogP contribution in [0.2, 0.25) is 5.02 Å². The molecule has 1 heterocycles. The molecule has 6 heteroatoms. The van der Waals surface area contributed by atoms with Crippen molar-refractivity contribution >= 4 is 29.1 Å². The zero-order valence-electron chi connectivity index (χ0n) is 11.4. The number of hydrogen-bond acceptors (Lipinski definition) is 2. The van der Waals surface area contributed by atoms with Gasteiger partial charge >= 0.3 is 6.18 Å². The summed E-state index contributed by atoms with van der Waals surface area (Å²) in [5.74, 6) is 1.83. The van der Waals surface area contributed by atoms with Crippen molar-refractivity contribution in [2.45, 2.75) is 32.5 Å². The van der Waals surface area contributed by atoms with E-state index in [9.17, 15) is 13.2 Å². The summed E-state index contributed by atoms with van der Waals surface area (Å²) in [6.07, 6.45) is -3.56. The van der Waals surface area contributed by atoms with E-state index in [1.54, 1.807) is 11.8 Å². The Balaban J connectivity index is 2.25. The number of hydrogen-bond donors (Lipinski definition) is 1. The van der Waals surface area contributed by atoms with Crippen LogP contribution in [0.3, 0.4) is 0 Å². The van der Waals surface area contributed by atoms with Crippen LogP contribution in [0, 0.1) is 5.41 Å². The summed E-state index contributed by atoms with van der Waals surface area (Å²) in [4.78, 5) is 0. The summed E-state index contributed by atoms with van der Waals surface area (Å²) in [6.45, 7) is 4.26. The highest BCUT2D eigenvalue weighted by Crippen LogP contribution is 2.41. The molecule has 0 aromatic heterocycles. The van der Waals surface area contributed by atoms with Crippen molar-refractivity contribution in [2.75, 3.05) is 16.8 Å². The van der Waals surface area contributed by atoms with E-state index in [2.05, 4.69) is 19.2 Å². The molecule has 0 saturated carbocycles. The normalized spacial score (nSPS) is 22.6. The van der Waals surface area contributed by atoms with Crippen LogP contribution < -0.4 is 5.32 Å². The molecule has 0 bridgehead atoms. The molecule has 1 saturated heterocycles. The largest absolute Gasteiger partial charge is 0.418 e. The Kier molecular flexibility index (Phi) is 4.50. The predicted molar refractivity (Wildman–Crippen MR) is 79.6 cm³/mol. The van der Waals surface area contributed by atoms with Crippen molar-refractivity contribution in [3.8, 4) is 0 Å². The maximum atomic E-state index is 13.0. The average molecular weight is 324 g/mol. The highest BCUT2D eigenvalue weighted by Gasteiger charge is 2.36. The first-order valence-corrected chi connectivity index (χ1v) is 7.92. The molecule has 2 rings (SSSR count). The van der Waals surface area contributed by atoms with Crippen LogP contribution in [0.25, 0.3) is 0 Å². The van der Waals surface area contributed by atoms with Gasteiger partial charge in [-0.05, 0) is 29.7 Å². The number of halogens is 4. The molecule has 1 unspecified atom stereocenters. The van der Waals surface area contributed by atoms with Crippen molar-refractivity contribution < 1.29 is 13.2 Å². The molecule has 1 nitrogen and oxygen atoms in total. The highest BCUT2D eigenvalue weighted by atomic mass is 35.5. The van der Waals surface area contributed by atoms with Gasteiger partial charge in [-0.3, -0.25) is 0 Å². The minimum atomic E-state index is -4.40. The number of anilines is 1. The second-order valence-corrected chi connectivity index (χ2v) is 7.32. The summed E-state index contributed by atoms with van der Waals surface area (Å²) < 4.78 is 39.1. The van der Waals surface area contributed by atoms with E-state index in [0.29, 0.717) is 0 Å². The van der Waals surface area contributed by atoms with Gasteiger partial charge in [0.1, 0.15) is 0 Å². The van der Waals surface area contributed by atoms with Gasteiger partial charge in [0.15, 0.2) is 0 Å². The second kappa shape index (κ2) is 5.68. The summed E-state index contributed by atoms with van der Waals surface area (Å²) in [5.41, 5.74) is -0.566. The minimum absolute atomic E-state index is 0.00440. The average Bonchev–Trinajstić information content (AvgIpc) is 2.29. The third kappa shape index (κ3) is 3.76. The molecule has 1 N–H and O–H groups in total. The molecular formula is C14H17ClF3NS. The summed E-state index contributed by atoms with van der Waals surface area (Å²) in [6, 6.07) is 3.88. The molecule has 1 aliphatic rings. The highest BCUT2D eigenvalue weighted by molar-refractivity contribution is 7.99. The molecule has 1 atom stereocenters. The maximum Gasteiger partial charge on any atom is 0.418 e. The number of thioether (sulfide) groups is 1. The van der Waals surface area contributed by atoms with E-state index < -0.39 is 11.7 Å². The van der Waals surface area contributed by atoms with E-state index in [4.69, 9.17) is 11.6 Å². The van der Waals surface area contributed by atoms with Gasteiger partial charge in [0.25, 0.3) is 0 Å². The molecule has 1 aliphatic heterocycles. The van der Waals surface area contributed by atoms with Crippen LogP contribution >= 0.6 is 23.4 Å². The van der Waals surface area contributed by atoms with Crippen LogP contribution in [0.4, 0.5) is 18.9 Å². The van der Waals surface area contributed by atoms with Gasteiger partial charge in [-0.15, -0.1) is 0 Å². The fraction of sp³-hybridized carbons (Fsp3) is 0.571. The molecule has 112 valence electrons. The third-order valence-electron chi connectivity index (χ3n) is 3.28. The Morgan fingerprint density at radius 2 is 2.05 bits per heavy atom. The first kappa shape index (κ1) is 15.8. The molecular weight excluding hydrogens is 307 g/mol. The lowest BCUT2D eigenvalue weighted by Crippen LogP contribution is -2.36. The Hall–Kier alpha value is -0.550. The summed E-state index contributed by atoms with van der Waals surface area (Å²) >= 11 is 7.72. The fourth-order valence-electron chi connectivity index (χ4n) is 2.47. The van der Waals surface area contributed by atoms with Crippen molar-refractivity contribution in [3.63, 3.8) is 0 Å². The zero-order chi connectivity index (χ0) is 15.0. The van der Waals surface area contributed by atoms with E-state index in [0.717, 1.165) is 24.0 Å². The first-order valence-electron chi connectivity index (χ1n) is 6.39. The van der Waals surface area contributed by atoms with E-state index >= 15 is 0 Å². The number of alkyl halides is 3. The second-order valence-electron chi connectivity index (χ2n) is 5.88. The standard InChI is InChI=1S/C14H17ClF3NS/c1-13(2)6-9(7-20-8-13)19-12-10(14(16,17)18)4-3-5-11(12)15/h3-5,9,19H,6-8H2,1-2H3. The number of rotatable bonds is 2. The quantitative estimate of drug-likeness (QED) is 0.792. The third-order valence-corrected chi connectivity index (χ3v) is 5.22. The van der Waals surface area contributed by atoms with Crippen LogP contribution in [0.15, 0.2) is 18.2 Å². The topological polar surface area (TPSA) is 12.0 Å². The molecule has 1 aromatic rings. The van der Waals surface area contributed by atoms with Gasteiger partial charge in [0.05, 0.1) is 16.3 Å². The van der Waals surface area contributed by atoms with Crippen molar-refractivity contribution in [1.82, 2.24) is 0 Å². The Morgan fingerprint density at radius 1 is 1.35 bits per heavy atom. The molecule has 1 aromatic carbocycles. The summed E-state index contributed by atoms with van der Waals surface area (Å²) in [7, 11) is 0. The van der Waals surface area contributed by atoms with Crippen molar-refractivity contribution in [3.05, 3.63) is 28.8 Å². The van der Waals surface area contributed by atoms with Crippen LogP contribution in [-0.2, 0) is 6.18 Å². The van der Waals surface area contributed by atoms with Gasteiger partial charge in [0.2, 0.25) is 0 Å². The lowest BCUT2D eigenvalue weighted by atomic mass is 9.87. The molecule has 0 radical (unpaired) electrons. The van der Waals surface area contributed by atoms with E-state index in [1.165, 1.54) is 12.1 Å². The van der Waals surface area contributed by atoms with Crippen LogP contribution in [-0.4, -0.2) is 17.5 Å². The number of benzene rings is 1. The zero-order valence-corrected chi connectivity index (χ0v) is 12.9. The fourth-order valence-corrected chi connectivity index (χ4v) is 3.97. The van der Waals surface area contributed by atoms with Gasteiger partial charge in [-0.1, -0.05) is 31.5 Å². The summed E-state index contributed by atoms with van der Waals surface area (Å²) in [5, 5.41) is 3.13. The monoisotopic (exact) mass is 323 g/mol. The number of nitrogens with one attached hydrogen (secondary N) is 1. The van der Waals surface area contributed by atoms with Crippen molar-refractivity contribution in [2.24, 2.45) is 5.41 Å². The van der Waals surface area contributed by atoms with Gasteiger partial charge in [-0.2, -0.15) is 24.9 Å². The van der Waals surface area contributed by atoms with Crippen LogP contribution in [0.1, 0.15) is 25.8 Å². The van der Waals surface area contributed by atoms with Crippen molar-refractivity contribution in [1.29, 1.82) is 0 Å². The van der Waals surface area contributed by atoms with Gasteiger partial charge < -0.3 is 5.32 Å². The van der Waals surface area contributed by atoms with Gasteiger partial charge in [0, 0.05) is 11.8 Å². The Morgan fingerprint density at radius 3 is 2.65 bits per heavy atom. The molecule has 0 amide bonds. The molecule has 0 aliphatic carbocycles. The first-order chi connectivity index (χ1) is 9.19. The smallest absolute Gasteiger partial charge is 0.380 e. The predicted octanol–water partition coefficient (Wildman–Crippen LogP) is 5.30. The van der Waals surface area contributed by atoms with Crippen LogP contribution in [0.5, 0.6) is 0 Å². The van der Waals surface area contributed by atoms with Gasteiger partial charge in [-0.25, -0.2) is 0 Å². The maximum absolute atomic E-state index is 13.0. The lowest BCUT2D eigenvalue weighted by Gasteiger charge is -2.36. The lowest BCUT2D eigenvalue weighted by molar-refractivity contribution is -0.137. The SMILES string of the molecule is CC1(C)CSCC(Nc2c(Cl)cccc2C(F)(F)F)C1. The van der Waals surface area contributed by atoms with E-state index in [1.807, 2.05) is 0 Å². The molecule has 1 fully saturated rings. The Labute approximate surface area is 126 Å². The molecule has 20 heavy (non-hydrogen) atoms. The molecule has 0 spiro atoms. The number of para-hydroxylation sites is 1. The minimum Gasteiger partial charge on any atom is -0.380 e. The Bertz CT molecular complexity index is 488. The van der Waals surface area contributed by atoms with E-state index in [-0.39, 0.29) is 22.2 Å².